The Morgan fingerprint density at radius 3 is 2.29 bits per heavy atom. The molecule has 0 fully saturated rings. The summed E-state index contributed by atoms with van der Waals surface area (Å²) in [5.41, 5.74) is -0.675. The van der Waals surface area contributed by atoms with E-state index in [1.165, 1.54) is 0 Å². The van der Waals surface area contributed by atoms with Gasteiger partial charge < -0.3 is 5.11 Å². The Hall–Kier alpha value is -1.30. The highest BCUT2D eigenvalue weighted by Crippen LogP contribution is 2.20. The molecule has 0 radical (unpaired) electrons. The lowest BCUT2D eigenvalue weighted by Gasteiger charge is -2.00. The number of hydrogen-bond acceptors (Lipinski definition) is 2. The van der Waals surface area contributed by atoms with Crippen LogP contribution in [0.15, 0.2) is 16.6 Å². The highest BCUT2D eigenvalue weighted by molar-refractivity contribution is 9.10. The van der Waals surface area contributed by atoms with Gasteiger partial charge in [0.05, 0.1) is 10.0 Å². The number of benzene rings is 1. The van der Waals surface area contributed by atoms with Crippen molar-refractivity contribution in [3.8, 4) is 0 Å². The third kappa shape index (κ3) is 1.95. The Balaban J connectivity index is 3.29. The Morgan fingerprint density at radius 1 is 1.21 bits per heavy atom. The van der Waals surface area contributed by atoms with Crippen molar-refractivity contribution in [2.75, 3.05) is 0 Å². The first-order valence-electron chi connectivity index (χ1n) is 3.35. The molecule has 14 heavy (non-hydrogen) atoms. The second-order valence-electron chi connectivity index (χ2n) is 2.38. The summed E-state index contributed by atoms with van der Waals surface area (Å²) in [6.07, 6.45) is 0. The summed E-state index contributed by atoms with van der Waals surface area (Å²) in [5.74, 6) is -5.30. The van der Waals surface area contributed by atoms with Crippen LogP contribution in [0.3, 0.4) is 0 Å². The first-order chi connectivity index (χ1) is 6.43. The minimum atomic E-state index is -1.79. The van der Waals surface area contributed by atoms with E-state index in [0.717, 1.165) is 6.07 Å². The van der Waals surface area contributed by atoms with E-state index in [0.29, 0.717) is 6.07 Å². The number of Topliss-reactive ketones (excluding diaryl/α,β-unsaturated/α-hetero) is 1. The molecular weight excluding hydrogens is 262 g/mol. The van der Waals surface area contributed by atoms with Gasteiger partial charge in [0.15, 0.2) is 0 Å². The summed E-state index contributed by atoms with van der Waals surface area (Å²) in [5, 5.41) is 8.29. The molecule has 0 unspecified atom stereocenters. The maximum absolute atomic E-state index is 12.9. The van der Waals surface area contributed by atoms with Crippen LogP contribution in [0.2, 0.25) is 0 Å². The molecule has 0 aromatic heterocycles. The first kappa shape index (κ1) is 10.8. The van der Waals surface area contributed by atoms with Gasteiger partial charge in [0.2, 0.25) is 0 Å². The van der Waals surface area contributed by atoms with E-state index >= 15 is 0 Å². The van der Waals surface area contributed by atoms with Crippen molar-refractivity contribution in [2.45, 2.75) is 0 Å². The topological polar surface area (TPSA) is 54.4 Å². The van der Waals surface area contributed by atoms with E-state index in [4.69, 9.17) is 5.11 Å². The molecule has 1 aromatic rings. The minimum Gasteiger partial charge on any atom is -0.475 e. The summed E-state index contributed by atoms with van der Waals surface area (Å²) in [6, 6.07) is 1.24. The fourth-order valence-electron chi connectivity index (χ4n) is 0.812. The van der Waals surface area contributed by atoms with Crippen molar-refractivity contribution in [3.63, 3.8) is 0 Å². The molecule has 0 aliphatic heterocycles. The van der Waals surface area contributed by atoms with Crippen LogP contribution in [0.25, 0.3) is 0 Å². The highest BCUT2D eigenvalue weighted by Gasteiger charge is 2.20. The molecule has 1 rings (SSSR count). The lowest BCUT2D eigenvalue weighted by atomic mass is 10.1. The van der Waals surface area contributed by atoms with Crippen LogP contribution in [0, 0.1) is 11.6 Å². The molecule has 0 spiro atoms. The SMILES string of the molecule is O=C(O)C(=O)c1cc(Br)c(F)cc1F. The van der Waals surface area contributed by atoms with Crippen LogP contribution in [0.1, 0.15) is 10.4 Å². The minimum absolute atomic E-state index is 0.163. The van der Waals surface area contributed by atoms with Crippen molar-refractivity contribution < 1.29 is 23.5 Å². The lowest BCUT2D eigenvalue weighted by molar-refractivity contribution is -0.131. The van der Waals surface area contributed by atoms with Crippen LogP contribution in [0.4, 0.5) is 8.78 Å². The van der Waals surface area contributed by atoms with Gasteiger partial charge in [0.25, 0.3) is 5.78 Å². The van der Waals surface area contributed by atoms with E-state index in [-0.39, 0.29) is 4.47 Å². The summed E-state index contributed by atoms with van der Waals surface area (Å²) >= 11 is 2.71. The summed E-state index contributed by atoms with van der Waals surface area (Å²) < 4.78 is 25.4. The Bertz CT molecular complexity index is 417. The number of carboxylic acids is 1. The number of carbonyl (C=O) groups excluding carboxylic acids is 1. The van der Waals surface area contributed by atoms with Gasteiger partial charge in [-0.3, -0.25) is 4.79 Å². The quantitative estimate of drug-likeness (QED) is 0.505. The molecule has 0 aliphatic carbocycles. The van der Waals surface area contributed by atoms with Gasteiger partial charge in [-0.15, -0.1) is 0 Å². The van der Waals surface area contributed by atoms with E-state index in [2.05, 4.69) is 15.9 Å². The van der Waals surface area contributed by atoms with E-state index in [1.807, 2.05) is 0 Å². The van der Waals surface area contributed by atoms with Gasteiger partial charge >= 0.3 is 5.97 Å². The molecule has 1 N–H and O–H groups in total. The van der Waals surface area contributed by atoms with Gasteiger partial charge in [0, 0.05) is 6.07 Å². The zero-order valence-electron chi connectivity index (χ0n) is 6.55. The second kappa shape index (κ2) is 3.83. The Labute approximate surface area is 85.5 Å². The average Bonchev–Trinajstić information content (AvgIpc) is 2.10. The molecule has 3 nitrogen and oxygen atoms in total. The summed E-state index contributed by atoms with van der Waals surface area (Å²) in [6.45, 7) is 0. The summed E-state index contributed by atoms with van der Waals surface area (Å²) in [4.78, 5) is 21.1. The monoisotopic (exact) mass is 264 g/mol. The largest absolute Gasteiger partial charge is 0.475 e. The van der Waals surface area contributed by atoms with E-state index in [1.54, 1.807) is 0 Å². The van der Waals surface area contributed by atoms with Crippen LogP contribution in [-0.4, -0.2) is 16.9 Å². The normalized spacial score (nSPS) is 9.93. The van der Waals surface area contributed by atoms with Crippen molar-refractivity contribution in [1.29, 1.82) is 0 Å². The fourth-order valence-corrected chi connectivity index (χ4v) is 1.16. The van der Waals surface area contributed by atoms with Crippen molar-refractivity contribution in [2.24, 2.45) is 0 Å². The Morgan fingerprint density at radius 2 is 1.79 bits per heavy atom. The van der Waals surface area contributed by atoms with Crippen molar-refractivity contribution in [3.05, 3.63) is 33.8 Å². The molecular formula is C8H3BrF2O3. The van der Waals surface area contributed by atoms with Crippen LogP contribution in [-0.2, 0) is 4.79 Å². The van der Waals surface area contributed by atoms with Crippen LogP contribution < -0.4 is 0 Å². The fraction of sp³-hybridized carbons (Fsp3) is 0. The van der Waals surface area contributed by atoms with Crippen molar-refractivity contribution in [1.82, 2.24) is 0 Å². The molecule has 6 heteroatoms. The third-order valence-corrected chi connectivity index (χ3v) is 2.06. The van der Waals surface area contributed by atoms with E-state index in [9.17, 15) is 18.4 Å². The molecule has 1 aromatic carbocycles. The number of ketones is 1. The molecule has 74 valence electrons. The molecule has 0 saturated carbocycles. The average molecular weight is 265 g/mol. The Kier molecular flexibility index (Phi) is 2.95. The zero-order chi connectivity index (χ0) is 10.9. The predicted molar refractivity (Wildman–Crippen MR) is 46.0 cm³/mol. The van der Waals surface area contributed by atoms with Crippen LogP contribution >= 0.6 is 15.9 Å². The third-order valence-electron chi connectivity index (χ3n) is 1.45. The van der Waals surface area contributed by atoms with Gasteiger partial charge in [-0.1, -0.05) is 0 Å². The molecule has 0 amide bonds. The maximum atomic E-state index is 12.9. The lowest BCUT2D eigenvalue weighted by Crippen LogP contribution is -2.14. The van der Waals surface area contributed by atoms with Crippen LogP contribution in [0.5, 0.6) is 0 Å². The first-order valence-corrected chi connectivity index (χ1v) is 4.15. The molecule has 0 aliphatic rings. The van der Waals surface area contributed by atoms with E-state index < -0.39 is 29.0 Å². The summed E-state index contributed by atoms with van der Waals surface area (Å²) in [7, 11) is 0. The predicted octanol–water partition coefficient (Wildman–Crippen LogP) is 1.99. The van der Waals surface area contributed by atoms with Crippen molar-refractivity contribution >= 4 is 27.7 Å². The number of carbonyl (C=O) groups is 2. The number of carboxylic acid groups (broad SMARTS) is 1. The van der Waals surface area contributed by atoms with Gasteiger partial charge in [-0.25, -0.2) is 13.6 Å². The molecule has 0 bridgehead atoms. The highest BCUT2D eigenvalue weighted by atomic mass is 79.9. The number of rotatable bonds is 2. The zero-order valence-corrected chi connectivity index (χ0v) is 8.14. The molecule has 0 saturated heterocycles. The van der Waals surface area contributed by atoms with Gasteiger partial charge in [-0.2, -0.15) is 0 Å². The maximum Gasteiger partial charge on any atom is 0.377 e. The molecule has 0 heterocycles. The second-order valence-corrected chi connectivity index (χ2v) is 3.23. The standard InChI is InChI=1S/C8H3BrF2O3/c9-4-1-3(7(12)8(13)14)5(10)2-6(4)11/h1-2H,(H,13,14). The smallest absolute Gasteiger partial charge is 0.377 e. The van der Waals surface area contributed by atoms with Gasteiger partial charge in [-0.05, 0) is 22.0 Å². The number of hydrogen-bond donors (Lipinski definition) is 1. The number of halogens is 3. The number of aliphatic carboxylic acids is 1. The molecule has 0 atom stereocenters. The van der Waals surface area contributed by atoms with Gasteiger partial charge in [0.1, 0.15) is 11.6 Å².